The number of amides is 1. The molecule has 0 saturated carbocycles. The second kappa shape index (κ2) is 5.41. The zero-order valence-electron chi connectivity index (χ0n) is 9.22. The van der Waals surface area contributed by atoms with Gasteiger partial charge in [-0.3, -0.25) is 0 Å². The van der Waals surface area contributed by atoms with E-state index in [4.69, 9.17) is 0 Å². The quantitative estimate of drug-likeness (QED) is 0.704. The minimum atomic E-state index is -4.45. The third kappa shape index (κ3) is 4.72. The Labute approximate surface area is 92.5 Å². The number of hydrogen-bond acceptors (Lipinski definition) is 2. The molecule has 1 rings (SSSR count). The summed E-state index contributed by atoms with van der Waals surface area (Å²) < 4.78 is 39.7. The molecule has 0 aromatic rings. The van der Waals surface area contributed by atoms with Crippen LogP contribution in [0.4, 0.5) is 18.0 Å². The first kappa shape index (κ1) is 13.1. The normalized spacial score (nSPS) is 22.8. The monoisotopic (exact) mass is 239 g/mol. The number of alkyl halides is 3. The highest BCUT2D eigenvalue weighted by Gasteiger charge is 2.31. The van der Waals surface area contributed by atoms with Gasteiger partial charge in [-0.25, -0.2) is 4.79 Å². The summed E-state index contributed by atoms with van der Waals surface area (Å²) in [5.41, 5.74) is 0. The molecule has 0 radical (unpaired) electrons. The van der Waals surface area contributed by atoms with Crippen LogP contribution in [0, 0.1) is 5.92 Å². The van der Waals surface area contributed by atoms with Crippen molar-refractivity contribution in [2.45, 2.75) is 32.4 Å². The SMILES string of the molecule is CC1CCCN(C(=O)OCC(F)(F)F)CC1. The summed E-state index contributed by atoms with van der Waals surface area (Å²) in [5, 5.41) is 0. The Kier molecular flexibility index (Phi) is 4.44. The molecular weight excluding hydrogens is 223 g/mol. The Morgan fingerprint density at radius 3 is 2.69 bits per heavy atom. The molecule has 1 amide bonds. The van der Waals surface area contributed by atoms with Crippen LogP contribution in [0.5, 0.6) is 0 Å². The van der Waals surface area contributed by atoms with E-state index in [-0.39, 0.29) is 0 Å². The molecule has 6 heteroatoms. The molecule has 1 atom stereocenters. The van der Waals surface area contributed by atoms with E-state index in [0.717, 1.165) is 19.3 Å². The molecule has 1 heterocycles. The average Bonchev–Trinajstić information content (AvgIpc) is 2.38. The molecule has 0 bridgehead atoms. The summed E-state index contributed by atoms with van der Waals surface area (Å²) in [6.07, 6.45) is -2.66. The van der Waals surface area contributed by atoms with Crippen molar-refractivity contribution in [3.8, 4) is 0 Å². The minimum absolute atomic E-state index is 0.484. The van der Waals surface area contributed by atoms with Crippen LogP contribution in [-0.2, 0) is 4.74 Å². The number of ether oxygens (including phenoxy) is 1. The third-order valence-corrected chi connectivity index (χ3v) is 2.63. The summed E-state index contributed by atoms with van der Waals surface area (Å²) in [7, 11) is 0. The molecule has 1 fully saturated rings. The van der Waals surface area contributed by atoms with Gasteiger partial charge in [0.15, 0.2) is 6.61 Å². The van der Waals surface area contributed by atoms with E-state index in [2.05, 4.69) is 11.7 Å². The van der Waals surface area contributed by atoms with Gasteiger partial charge in [0.2, 0.25) is 0 Å². The lowest BCUT2D eigenvalue weighted by Crippen LogP contribution is -2.34. The van der Waals surface area contributed by atoms with Crippen LogP contribution in [0.15, 0.2) is 0 Å². The highest BCUT2D eigenvalue weighted by atomic mass is 19.4. The number of rotatable bonds is 1. The largest absolute Gasteiger partial charge is 0.440 e. The van der Waals surface area contributed by atoms with Crippen molar-refractivity contribution < 1.29 is 22.7 Å². The van der Waals surface area contributed by atoms with Crippen molar-refractivity contribution >= 4 is 6.09 Å². The molecule has 0 spiro atoms. The summed E-state index contributed by atoms with van der Waals surface area (Å²) in [6.45, 7) is 1.54. The Morgan fingerprint density at radius 2 is 2.06 bits per heavy atom. The first-order valence-electron chi connectivity index (χ1n) is 5.37. The predicted molar refractivity (Wildman–Crippen MR) is 52.0 cm³/mol. The molecule has 1 unspecified atom stereocenters. The molecule has 0 aromatic carbocycles. The lowest BCUT2D eigenvalue weighted by molar-refractivity contribution is -0.162. The van der Waals surface area contributed by atoms with Gasteiger partial charge < -0.3 is 9.64 Å². The van der Waals surface area contributed by atoms with Crippen LogP contribution in [0.25, 0.3) is 0 Å². The maximum Gasteiger partial charge on any atom is 0.422 e. The first-order valence-corrected chi connectivity index (χ1v) is 5.37. The number of carbonyl (C=O) groups excluding carboxylic acids is 1. The van der Waals surface area contributed by atoms with Crippen molar-refractivity contribution in [3.05, 3.63) is 0 Å². The molecule has 0 aromatic heterocycles. The second-order valence-corrected chi connectivity index (χ2v) is 4.19. The fraction of sp³-hybridized carbons (Fsp3) is 0.900. The summed E-state index contributed by atoms with van der Waals surface area (Å²) in [6, 6.07) is 0. The van der Waals surface area contributed by atoms with Crippen LogP contribution in [0.1, 0.15) is 26.2 Å². The standard InChI is InChI=1S/C10H16F3NO2/c1-8-3-2-5-14(6-4-8)9(15)16-7-10(11,12)13/h8H,2-7H2,1H3. The van der Waals surface area contributed by atoms with E-state index in [0.29, 0.717) is 19.0 Å². The van der Waals surface area contributed by atoms with E-state index in [1.54, 1.807) is 0 Å². The third-order valence-electron chi connectivity index (χ3n) is 2.63. The zero-order chi connectivity index (χ0) is 12.2. The molecule has 16 heavy (non-hydrogen) atoms. The fourth-order valence-corrected chi connectivity index (χ4v) is 1.68. The summed E-state index contributed by atoms with van der Waals surface area (Å²) in [5.74, 6) is 0.514. The number of nitrogens with zero attached hydrogens (tertiary/aromatic N) is 1. The van der Waals surface area contributed by atoms with E-state index in [9.17, 15) is 18.0 Å². The number of likely N-dealkylation sites (tertiary alicyclic amines) is 1. The Bertz CT molecular complexity index is 243. The number of hydrogen-bond donors (Lipinski definition) is 0. The van der Waals surface area contributed by atoms with Crippen molar-refractivity contribution in [1.29, 1.82) is 0 Å². The van der Waals surface area contributed by atoms with Gasteiger partial charge in [-0.05, 0) is 25.2 Å². The average molecular weight is 239 g/mol. The second-order valence-electron chi connectivity index (χ2n) is 4.19. The van der Waals surface area contributed by atoms with Gasteiger partial charge in [-0.2, -0.15) is 13.2 Å². The topological polar surface area (TPSA) is 29.5 Å². The predicted octanol–water partition coefficient (Wildman–Crippen LogP) is 2.81. The van der Waals surface area contributed by atoms with Crippen LogP contribution >= 0.6 is 0 Å². The lowest BCUT2D eigenvalue weighted by atomic mass is 10.0. The van der Waals surface area contributed by atoms with Gasteiger partial charge in [0, 0.05) is 13.1 Å². The Morgan fingerprint density at radius 1 is 1.38 bits per heavy atom. The molecule has 1 aliphatic heterocycles. The minimum Gasteiger partial charge on any atom is -0.440 e. The van der Waals surface area contributed by atoms with Crippen molar-refractivity contribution in [3.63, 3.8) is 0 Å². The molecule has 1 saturated heterocycles. The van der Waals surface area contributed by atoms with Crippen LogP contribution < -0.4 is 0 Å². The lowest BCUT2D eigenvalue weighted by Gasteiger charge is -2.20. The van der Waals surface area contributed by atoms with E-state index in [1.807, 2.05) is 0 Å². The van der Waals surface area contributed by atoms with Crippen LogP contribution in [0.3, 0.4) is 0 Å². The van der Waals surface area contributed by atoms with Crippen molar-refractivity contribution in [2.75, 3.05) is 19.7 Å². The maximum atomic E-state index is 11.8. The summed E-state index contributed by atoms with van der Waals surface area (Å²) >= 11 is 0. The summed E-state index contributed by atoms with van der Waals surface area (Å²) in [4.78, 5) is 12.7. The molecule has 3 nitrogen and oxygen atoms in total. The van der Waals surface area contributed by atoms with Gasteiger partial charge in [-0.1, -0.05) is 6.92 Å². The van der Waals surface area contributed by atoms with Crippen molar-refractivity contribution in [2.24, 2.45) is 5.92 Å². The van der Waals surface area contributed by atoms with Gasteiger partial charge >= 0.3 is 12.3 Å². The maximum absolute atomic E-state index is 11.8. The van der Waals surface area contributed by atoms with E-state index < -0.39 is 18.9 Å². The zero-order valence-corrected chi connectivity index (χ0v) is 9.22. The van der Waals surface area contributed by atoms with Crippen LogP contribution in [0.2, 0.25) is 0 Å². The van der Waals surface area contributed by atoms with E-state index in [1.165, 1.54) is 4.90 Å². The van der Waals surface area contributed by atoms with Gasteiger partial charge in [0.25, 0.3) is 0 Å². The molecular formula is C10H16F3NO2. The van der Waals surface area contributed by atoms with Gasteiger partial charge in [0.1, 0.15) is 0 Å². The molecule has 0 aliphatic carbocycles. The Balaban J connectivity index is 2.35. The van der Waals surface area contributed by atoms with Gasteiger partial charge in [0.05, 0.1) is 0 Å². The Hall–Kier alpha value is -0.940. The van der Waals surface area contributed by atoms with Crippen LogP contribution in [-0.4, -0.2) is 36.9 Å². The van der Waals surface area contributed by atoms with E-state index >= 15 is 0 Å². The fourth-order valence-electron chi connectivity index (χ4n) is 1.68. The van der Waals surface area contributed by atoms with Gasteiger partial charge in [-0.15, -0.1) is 0 Å². The molecule has 94 valence electrons. The molecule has 0 N–H and O–H groups in total. The number of halogens is 3. The number of carbonyl (C=O) groups is 1. The van der Waals surface area contributed by atoms with Crippen molar-refractivity contribution in [1.82, 2.24) is 4.90 Å². The molecule has 1 aliphatic rings. The smallest absolute Gasteiger partial charge is 0.422 e. The first-order chi connectivity index (χ1) is 7.38. The highest BCUT2D eigenvalue weighted by Crippen LogP contribution is 2.18. The highest BCUT2D eigenvalue weighted by molar-refractivity contribution is 5.67.